The van der Waals surface area contributed by atoms with E-state index in [4.69, 9.17) is 0 Å². The molecule has 0 amide bonds. The number of hydrogen-bond donors (Lipinski definition) is 0. The van der Waals surface area contributed by atoms with Crippen molar-refractivity contribution >= 4 is 46.4 Å². The standard InChI is InChI=1S/C34H32N2Si/c1-35(28-19-21-30(22-20-28)37(2,3)4)27-17-14-25(15-18-27)26-16-23-34-32(24-26)31-12-8-9-13-33(31)36(34)29-10-6-5-7-11-29/h5-24H,1-4H3. The summed E-state index contributed by atoms with van der Waals surface area (Å²) >= 11 is 0. The Morgan fingerprint density at radius 3 is 1.78 bits per heavy atom. The first kappa shape index (κ1) is 23.3. The number of benzene rings is 5. The van der Waals surface area contributed by atoms with Crippen molar-refractivity contribution in [3.8, 4) is 16.8 Å². The fourth-order valence-corrected chi connectivity index (χ4v) is 6.39. The molecule has 0 aliphatic heterocycles. The highest BCUT2D eigenvalue weighted by Crippen LogP contribution is 2.35. The Labute approximate surface area is 220 Å². The van der Waals surface area contributed by atoms with E-state index in [2.05, 4.69) is 157 Å². The first-order valence-electron chi connectivity index (χ1n) is 12.9. The fraction of sp³-hybridized carbons (Fsp3) is 0.118. The van der Waals surface area contributed by atoms with E-state index in [-0.39, 0.29) is 0 Å². The molecule has 0 atom stereocenters. The van der Waals surface area contributed by atoms with Crippen molar-refractivity contribution in [2.24, 2.45) is 0 Å². The third-order valence-corrected chi connectivity index (χ3v) is 9.46. The summed E-state index contributed by atoms with van der Waals surface area (Å²) < 4.78 is 2.36. The number of rotatable bonds is 5. The highest BCUT2D eigenvalue weighted by Gasteiger charge is 2.16. The minimum Gasteiger partial charge on any atom is -0.345 e. The predicted molar refractivity (Wildman–Crippen MR) is 164 cm³/mol. The van der Waals surface area contributed by atoms with Gasteiger partial charge in [0.15, 0.2) is 0 Å². The van der Waals surface area contributed by atoms with Crippen molar-refractivity contribution in [2.45, 2.75) is 19.6 Å². The lowest BCUT2D eigenvalue weighted by atomic mass is 10.0. The topological polar surface area (TPSA) is 8.17 Å². The molecule has 0 saturated carbocycles. The van der Waals surface area contributed by atoms with Gasteiger partial charge in [-0.3, -0.25) is 0 Å². The fourth-order valence-electron chi connectivity index (χ4n) is 5.22. The Hall–Kier alpha value is -4.08. The van der Waals surface area contributed by atoms with Gasteiger partial charge in [-0.1, -0.05) is 91.6 Å². The van der Waals surface area contributed by atoms with Gasteiger partial charge in [0.2, 0.25) is 0 Å². The van der Waals surface area contributed by atoms with Crippen molar-refractivity contribution in [1.29, 1.82) is 0 Å². The van der Waals surface area contributed by atoms with Gasteiger partial charge in [-0.25, -0.2) is 0 Å². The third kappa shape index (κ3) is 4.26. The van der Waals surface area contributed by atoms with Crippen LogP contribution in [-0.4, -0.2) is 19.7 Å². The molecule has 0 N–H and O–H groups in total. The maximum absolute atomic E-state index is 2.39. The van der Waals surface area contributed by atoms with Crippen LogP contribution in [0.4, 0.5) is 11.4 Å². The lowest BCUT2D eigenvalue weighted by molar-refractivity contribution is 1.18. The Bertz CT molecular complexity index is 1690. The van der Waals surface area contributed by atoms with Crippen LogP contribution in [0.15, 0.2) is 121 Å². The third-order valence-electron chi connectivity index (χ3n) is 7.40. The SMILES string of the molecule is CN(c1ccc(-c2ccc3c(c2)c2ccccc2n3-c2ccccc2)cc1)c1ccc([Si](C)(C)C)cc1. The van der Waals surface area contributed by atoms with Gasteiger partial charge in [0.05, 0.1) is 19.1 Å². The van der Waals surface area contributed by atoms with Crippen molar-refractivity contribution in [2.75, 3.05) is 11.9 Å². The molecular formula is C34H32N2Si. The summed E-state index contributed by atoms with van der Waals surface area (Å²) in [7, 11) is 0.852. The van der Waals surface area contributed by atoms with E-state index in [1.807, 2.05) is 0 Å². The maximum atomic E-state index is 2.39. The molecule has 182 valence electrons. The number of aromatic nitrogens is 1. The van der Waals surface area contributed by atoms with Gasteiger partial charge in [0.25, 0.3) is 0 Å². The number of hydrogen-bond acceptors (Lipinski definition) is 1. The molecule has 6 rings (SSSR count). The number of fused-ring (bicyclic) bond motifs is 3. The van der Waals surface area contributed by atoms with Crippen LogP contribution in [0.25, 0.3) is 38.6 Å². The number of nitrogens with zero attached hydrogens (tertiary/aromatic N) is 2. The smallest absolute Gasteiger partial charge is 0.0775 e. The molecule has 0 aliphatic carbocycles. The van der Waals surface area contributed by atoms with E-state index in [0.29, 0.717) is 0 Å². The summed E-state index contributed by atoms with van der Waals surface area (Å²) in [6.45, 7) is 7.17. The van der Waals surface area contributed by atoms with Crippen LogP contribution < -0.4 is 10.1 Å². The Kier molecular flexibility index (Phi) is 5.73. The molecule has 1 heterocycles. The molecule has 0 saturated heterocycles. The lowest BCUT2D eigenvalue weighted by Crippen LogP contribution is -2.37. The molecule has 2 nitrogen and oxygen atoms in total. The molecule has 5 aromatic carbocycles. The van der Waals surface area contributed by atoms with Crippen LogP contribution >= 0.6 is 0 Å². The summed E-state index contributed by atoms with van der Waals surface area (Å²) in [5.41, 5.74) is 8.51. The first-order valence-corrected chi connectivity index (χ1v) is 16.4. The minimum atomic E-state index is -1.29. The van der Waals surface area contributed by atoms with E-state index < -0.39 is 8.07 Å². The average molecular weight is 497 g/mol. The normalized spacial score (nSPS) is 11.8. The number of anilines is 2. The molecule has 0 bridgehead atoms. The largest absolute Gasteiger partial charge is 0.345 e. The van der Waals surface area contributed by atoms with Crippen LogP contribution in [0.3, 0.4) is 0 Å². The molecule has 0 fully saturated rings. The summed E-state index contributed by atoms with van der Waals surface area (Å²) in [5, 5.41) is 4.05. The van der Waals surface area contributed by atoms with Gasteiger partial charge in [0, 0.05) is 34.9 Å². The average Bonchev–Trinajstić information content (AvgIpc) is 3.26. The van der Waals surface area contributed by atoms with Crippen molar-refractivity contribution in [1.82, 2.24) is 4.57 Å². The first-order chi connectivity index (χ1) is 17.9. The molecular weight excluding hydrogens is 464 g/mol. The Morgan fingerprint density at radius 2 is 1.11 bits per heavy atom. The highest BCUT2D eigenvalue weighted by atomic mass is 28.3. The van der Waals surface area contributed by atoms with Crippen LogP contribution in [0.5, 0.6) is 0 Å². The molecule has 37 heavy (non-hydrogen) atoms. The predicted octanol–water partition coefficient (Wildman–Crippen LogP) is 8.76. The number of para-hydroxylation sites is 2. The molecule has 1 aromatic heterocycles. The maximum Gasteiger partial charge on any atom is 0.0775 e. The van der Waals surface area contributed by atoms with E-state index in [9.17, 15) is 0 Å². The summed E-state index contributed by atoms with van der Waals surface area (Å²) in [6.07, 6.45) is 0. The Morgan fingerprint density at radius 1 is 0.541 bits per heavy atom. The monoisotopic (exact) mass is 496 g/mol. The second kappa shape index (κ2) is 9.09. The van der Waals surface area contributed by atoms with Crippen LogP contribution in [-0.2, 0) is 0 Å². The van der Waals surface area contributed by atoms with E-state index in [1.165, 1.54) is 55.2 Å². The second-order valence-electron chi connectivity index (χ2n) is 10.8. The van der Waals surface area contributed by atoms with Gasteiger partial charge in [-0.05, 0) is 65.7 Å². The summed E-state index contributed by atoms with van der Waals surface area (Å²) in [6, 6.07) is 44.2. The molecule has 0 unspecified atom stereocenters. The van der Waals surface area contributed by atoms with Crippen LogP contribution in [0.1, 0.15) is 0 Å². The van der Waals surface area contributed by atoms with E-state index in [1.54, 1.807) is 0 Å². The van der Waals surface area contributed by atoms with Gasteiger partial charge < -0.3 is 9.47 Å². The van der Waals surface area contributed by atoms with Crippen LogP contribution in [0, 0.1) is 0 Å². The molecule has 0 aliphatic rings. The summed E-state index contributed by atoms with van der Waals surface area (Å²) in [5.74, 6) is 0. The molecule has 6 aromatic rings. The zero-order valence-electron chi connectivity index (χ0n) is 21.9. The quantitative estimate of drug-likeness (QED) is 0.217. The molecule has 0 spiro atoms. The van der Waals surface area contributed by atoms with Gasteiger partial charge in [-0.2, -0.15) is 0 Å². The summed E-state index contributed by atoms with van der Waals surface area (Å²) in [4.78, 5) is 2.26. The van der Waals surface area contributed by atoms with E-state index >= 15 is 0 Å². The Balaban J connectivity index is 1.35. The lowest BCUT2D eigenvalue weighted by Gasteiger charge is -2.22. The molecule has 3 heteroatoms. The van der Waals surface area contributed by atoms with Crippen LogP contribution in [0.2, 0.25) is 19.6 Å². The van der Waals surface area contributed by atoms with Gasteiger partial charge in [0.1, 0.15) is 0 Å². The van der Waals surface area contributed by atoms with E-state index in [0.717, 1.165) is 0 Å². The van der Waals surface area contributed by atoms with Crippen molar-refractivity contribution in [3.05, 3.63) is 121 Å². The highest BCUT2D eigenvalue weighted by molar-refractivity contribution is 6.88. The minimum absolute atomic E-state index is 1.19. The zero-order chi connectivity index (χ0) is 25.6. The molecule has 0 radical (unpaired) electrons. The van der Waals surface area contributed by atoms with Gasteiger partial charge in [-0.15, -0.1) is 0 Å². The van der Waals surface area contributed by atoms with Gasteiger partial charge >= 0.3 is 0 Å². The zero-order valence-corrected chi connectivity index (χ0v) is 22.9. The van der Waals surface area contributed by atoms with Crippen molar-refractivity contribution < 1.29 is 0 Å². The van der Waals surface area contributed by atoms with Crippen molar-refractivity contribution in [3.63, 3.8) is 0 Å². The second-order valence-corrected chi connectivity index (χ2v) is 15.9.